The lowest BCUT2D eigenvalue weighted by atomic mass is 9.96. The third-order valence-corrected chi connectivity index (χ3v) is 5.31. The van der Waals surface area contributed by atoms with Crippen LogP contribution in [-0.2, 0) is 6.54 Å². The van der Waals surface area contributed by atoms with Crippen LogP contribution < -0.4 is 5.73 Å². The van der Waals surface area contributed by atoms with Crippen molar-refractivity contribution in [2.24, 2.45) is 5.92 Å². The molecule has 0 atom stereocenters. The van der Waals surface area contributed by atoms with E-state index in [1.165, 1.54) is 58.4 Å². The van der Waals surface area contributed by atoms with Crippen molar-refractivity contribution in [1.29, 1.82) is 0 Å². The summed E-state index contributed by atoms with van der Waals surface area (Å²) in [4.78, 5) is 5.14. The van der Waals surface area contributed by atoms with Crippen LogP contribution in [0.2, 0.25) is 5.02 Å². The highest BCUT2D eigenvalue weighted by atomic mass is 35.5. The average molecular weight is 308 g/mol. The van der Waals surface area contributed by atoms with Crippen LogP contribution in [0, 0.1) is 5.92 Å². The van der Waals surface area contributed by atoms with Crippen LogP contribution in [0.15, 0.2) is 18.2 Å². The first-order valence-electron chi connectivity index (χ1n) is 8.20. The zero-order valence-corrected chi connectivity index (χ0v) is 13.5. The lowest BCUT2D eigenvalue weighted by Gasteiger charge is -2.34. The molecule has 2 fully saturated rings. The minimum Gasteiger partial charge on any atom is -0.398 e. The molecule has 0 spiro atoms. The summed E-state index contributed by atoms with van der Waals surface area (Å²) in [6, 6.07) is 5.80. The Morgan fingerprint density at radius 3 is 2.43 bits per heavy atom. The predicted molar refractivity (Wildman–Crippen MR) is 89.5 cm³/mol. The van der Waals surface area contributed by atoms with Crippen LogP contribution in [-0.4, -0.2) is 42.5 Å². The van der Waals surface area contributed by atoms with E-state index in [-0.39, 0.29) is 0 Å². The molecule has 4 heteroatoms. The maximum absolute atomic E-state index is 6.28. The monoisotopic (exact) mass is 307 g/mol. The first-order valence-corrected chi connectivity index (χ1v) is 8.58. The van der Waals surface area contributed by atoms with Gasteiger partial charge in [0.25, 0.3) is 0 Å². The number of rotatable bonds is 4. The largest absolute Gasteiger partial charge is 0.398 e. The Hall–Kier alpha value is -0.770. The van der Waals surface area contributed by atoms with Gasteiger partial charge in [0.15, 0.2) is 0 Å². The number of nitrogens with zero attached hydrogens (tertiary/aromatic N) is 2. The fraction of sp³-hybridized carbons (Fsp3) is 0.647. The SMILES string of the molecule is Nc1cccc(Cl)c1CN1CCC(CN2CCCC2)CC1. The van der Waals surface area contributed by atoms with Crippen LogP contribution in [0.4, 0.5) is 5.69 Å². The summed E-state index contributed by atoms with van der Waals surface area (Å²) in [6.45, 7) is 7.17. The molecular formula is C17H26ClN3. The summed E-state index contributed by atoms with van der Waals surface area (Å²) in [7, 11) is 0. The van der Waals surface area contributed by atoms with Crippen molar-refractivity contribution >= 4 is 17.3 Å². The van der Waals surface area contributed by atoms with E-state index in [1.54, 1.807) is 0 Å². The maximum atomic E-state index is 6.28. The predicted octanol–water partition coefficient (Wildman–Crippen LogP) is 3.23. The second-order valence-corrected chi connectivity index (χ2v) is 6.94. The fourth-order valence-electron chi connectivity index (χ4n) is 3.62. The molecule has 0 saturated carbocycles. The van der Waals surface area contributed by atoms with E-state index in [2.05, 4.69) is 9.80 Å². The number of piperidine rings is 1. The normalized spacial score (nSPS) is 22.0. The van der Waals surface area contributed by atoms with Gasteiger partial charge in [0.2, 0.25) is 0 Å². The van der Waals surface area contributed by atoms with Crippen molar-refractivity contribution in [3.8, 4) is 0 Å². The van der Waals surface area contributed by atoms with Gasteiger partial charge in [-0.2, -0.15) is 0 Å². The number of halogens is 1. The first-order chi connectivity index (χ1) is 10.2. The molecular weight excluding hydrogens is 282 g/mol. The topological polar surface area (TPSA) is 32.5 Å². The molecule has 116 valence electrons. The molecule has 2 aliphatic rings. The van der Waals surface area contributed by atoms with Crippen molar-refractivity contribution in [2.45, 2.75) is 32.2 Å². The number of hydrogen-bond donors (Lipinski definition) is 1. The van der Waals surface area contributed by atoms with E-state index in [0.29, 0.717) is 0 Å². The van der Waals surface area contributed by atoms with Gasteiger partial charge in [0.05, 0.1) is 0 Å². The minimum atomic E-state index is 0.800. The van der Waals surface area contributed by atoms with E-state index >= 15 is 0 Å². The standard InChI is InChI=1S/C17H26ClN3/c18-16-4-3-5-17(19)15(16)13-21-10-6-14(7-11-21)12-20-8-1-2-9-20/h3-5,14H,1-2,6-13,19H2. The smallest absolute Gasteiger partial charge is 0.0471 e. The van der Waals surface area contributed by atoms with Gasteiger partial charge < -0.3 is 10.6 Å². The Kier molecular flexibility index (Phi) is 5.04. The number of anilines is 1. The molecule has 3 nitrogen and oxygen atoms in total. The molecule has 0 aromatic heterocycles. The van der Waals surface area contributed by atoms with Crippen LogP contribution in [0.3, 0.4) is 0 Å². The maximum Gasteiger partial charge on any atom is 0.0471 e. The van der Waals surface area contributed by atoms with Gasteiger partial charge in [-0.05, 0) is 69.9 Å². The molecule has 2 saturated heterocycles. The number of nitrogen functional groups attached to an aromatic ring is 1. The Balaban J connectivity index is 1.49. The van der Waals surface area contributed by atoms with Gasteiger partial charge in [0, 0.05) is 29.4 Å². The fourth-order valence-corrected chi connectivity index (χ4v) is 3.86. The van der Waals surface area contributed by atoms with Crippen molar-refractivity contribution in [3.63, 3.8) is 0 Å². The van der Waals surface area contributed by atoms with E-state index in [1.807, 2.05) is 18.2 Å². The molecule has 1 aromatic rings. The van der Waals surface area contributed by atoms with Crippen LogP contribution in [0.1, 0.15) is 31.2 Å². The summed E-state index contributed by atoms with van der Waals surface area (Å²) >= 11 is 6.28. The second-order valence-electron chi connectivity index (χ2n) is 6.53. The summed E-state index contributed by atoms with van der Waals surface area (Å²) in [6.07, 6.45) is 5.40. The van der Waals surface area contributed by atoms with Gasteiger partial charge >= 0.3 is 0 Å². The molecule has 0 amide bonds. The molecule has 0 aliphatic carbocycles. The third kappa shape index (κ3) is 3.91. The zero-order chi connectivity index (χ0) is 14.7. The van der Waals surface area contributed by atoms with E-state index in [4.69, 9.17) is 17.3 Å². The Morgan fingerprint density at radius 1 is 1.05 bits per heavy atom. The van der Waals surface area contributed by atoms with Gasteiger partial charge in [-0.15, -0.1) is 0 Å². The number of benzene rings is 1. The Bertz CT molecular complexity index is 443. The van der Waals surface area contributed by atoms with Crippen molar-refractivity contribution in [2.75, 3.05) is 38.5 Å². The highest BCUT2D eigenvalue weighted by Gasteiger charge is 2.23. The molecule has 0 unspecified atom stereocenters. The van der Waals surface area contributed by atoms with Crippen LogP contribution in [0.5, 0.6) is 0 Å². The zero-order valence-electron chi connectivity index (χ0n) is 12.7. The molecule has 3 rings (SSSR count). The lowest BCUT2D eigenvalue weighted by Crippen LogP contribution is -2.37. The molecule has 21 heavy (non-hydrogen) atoms. The molecule has 2 aliphatic heterocycles. The minimum absolute atomic E-state index is 0.800. The highest BCUT2D eigenvalue weighted by molar-refractivity contribution is 6.31. The average Bonchev–Trinajstić information content (AvgIpc) is 2.98. The van der Waals surface area contributed by atoms with E-state index in [0.717, 1.165) is 28.7 Å². The summed E-state index contributed by atoms with van der Waals surface area (Å²) in [5.41, 5.74) is 7.97. The molecule has 2 heterocycles. The van der Waals surface area contributed by atoms with Crippen LogP contribution >= 0.6 is 11.6 Å². The Labute approximate surface area is 133 Å². The summed E-state index contributed by atoms with van der Waals surface area (Å²) < 4.78 is 0. The van der Waals surface area contributed by atoms with Crippen LogP contribution in [0.25, 0.3) is 0 Å². The third-order valence-electron chi connectivity index (χ3n) is 4.96. The number of hydrogen-bond acceptors (Lipinski definition) is 3. The summed E-state index contributed by atoms with van der Waals surface area (Å²) in [5.74, 6) is 0.878. The van der Waals surface area contributed by atoms with E-state index in [9.17, 15) is 0 Å². The van der Waals surface area contributed by atoms with Gasteiger partial charge in [-0.1, -0.05) is 17.7 Å². The quantitative estimate of drug-likeness (QED) is 0.867. The molecule has 0 bridgehead atoms. The van der Waals surface area contributed by atoms with Gasteiger partial charge in [-0.3, -0.25) is 4.90 Å². The van der Waals surface area contributed by atoms with Crippen molar-refractivity contribution in [1.82, 2.24) is 9.80 Å². The highest BCUT2D eigenvalue weighted by Crippen LogP contribution is 2.26. The summed E-state index contributed by atoms with van der Waals surface area (Å²) in [5, 5.41) is 0.800. The molecule has 2 N–H and O–H groups in total. The number of likely N-dealkylation sites (tertiary alicyclic amines) is 2. The van der Waals surface area contributed by atoms with Crippen molar-refractivity contribution in [3.05, 3.63) is 28.8 Å². The lowest BCUT2D eigenvalue weighted by molar-refractivity contribution is 0.149. The number of nitrogens with two attached hydrogens (primary N) is 1. The Morgan fingerprint density at radius 2 is 1.76 bits per heavy atom. The van der Waals surface area contributed by atoms with Crippen molar-refractivity contribution < 1.29 is 0 Å². The van der Waals surface area contributed by atoms with E-state index < -0.39 is 0 Å². The first kappa shape index (κ1) is 15.1. The second kappa shape index (κ2) is 6.99. The molecule has 1 aromatic carbocycles. The van der Waals surface area contributed by atoms with Gasteiger partial charge in [-0.25, -0.2) is 0 Å². The van der Waals surface area contributed by atoms with Gasteiger partial charge in [0.1, 0.15) is 0 Å². The molecule has 0 radical (unpaired) electrons.